The highest BCUT2D eigenvalue weighted by atomic mass is 16.6. The van der Waals surface area contributed by atoms with Crippen molar-refractivity contribution in [3.8, 4) is 0 Å². The predicted octanol–water partition coefficient (Wildman–Crippen LogP) is 4.66. The van der Waals surface area contributed by atoms with Crippen LogP contribution < -0.4 is 10.2 Å². The van der Waals surface area contributed by atoms with E-state index in [2.05, 4.69) is 58.8 Å². The van der Waals surface area contributed by atoms with Gasteiger partial charge in [0.15, 0.2) is 0 Å². The van der Waals surface area contributed by atoms with Gasteiger partial charge >= 0.3 is 6.09 Å². The Hall–Kier alpha value is -3.09. The molecular weight excluding hydrogens is 366 g/mol. The van der Waals surface area contributed by atoms with Crippen LogP contribution in [-0.4, -0.2) is 33.1 Å². The topological polar surface area (TPSA) is 71.8 Å². The molecule has 152 valence electrons. The van der Waals surface area contributed by atoms with Crippen LogP contribution in [0.5, 0.6) is 0 Å². The van der Waals surface area contributed by atoms with Crippen LogP contribution in [0, 0.1) is 5.92 Å². The molecule has 0 spiro atoms. The van der Waals surface area contributed by atoms with Crippen molar-refractivity contribution in [3.63, 3.8) is 0 Å². The Balaban J connectivity index is 1.60. The first-order valence-electron chi connectivity index (χ1n) is 10.2. The molecule has 29 heavy (non-hydrogen) atoms. The van der Waals surface area contributed by atoms with Crippen LogP contribution in [0.4, 0.5) is 16.6 Å². The molecule has 0 bridgehead atoms. The lowest BCUT2D eigenvalue weighted by Crippen LogP contribution is -2.37. The maximum atomic E-state index is 12.3. The number of ether oxygens (including phenoxy) is 1. The molecule has 3 aromatic heterocycles. The quantitative estimate of drug-likeness (QED) is 0.632. The number of nitrogens with zero attached hydrogens (tertiary/aromatic N) is 4. The van der Waals surface area contributed by atoms with Crippen LogP contribution in [0.2, 0.25) is 0 Å². The molecule has 1 N–H and O–H groups in total. The number of pyridine rings is 1. The summed E-state index contributed by atoms with van der Waals surface area (Å²) < 4.78 is 7.38. The summed E-state index contributed by atoms with van der Waals surface area (Å²) in [6, 6.07) is 10.2. The van der Waals surface area contributed by atoms with Gasteiger partial charge in [-0.25, -0.2) is 9.78 Å². The molecule has 2 atom stereocenters. The van der Waals surface area contributed by atoms with Gasteiger partial charge in [-0.05, 0) is 42.2 Å². The lowest BCUT2D eigenvalue weighted by Gasteiger charge is -2.24. The third-order valence-electron chi connectivity index (χ3n) is 5.37. The van der Waals surface area contributed by atoms with Gasteiger partial charge in [0.25, 0.3) is 0 Å². The fraction of sp³-hybridized carbons (Fsp3) is 0.409. The third-order valence-corrected chi connectivity index (χ3v) is 5.37. The van der Waals surface area contributed by atoms with E-state index in [0.717, 1.165) is 18.4 Å². The second-order valence-electron chi connectivity index (χ2n) is 7.79. The molecule has 4 rings (SSSR count). The minimum Gasteiger partial charge on any atom is -0.447 e. The summed E-state index contributed by atoms with van der Waals surface area (Å²) in [4.78, 5) is 22.9. The van der Waals surface area contributed by atoms with Gasteiger partial charge in [-0.1, -0.05) is 33.3 Å². The molecule has 1 saturated heterocycles. The lowest BCUT2D eigenvalue weighted by atomic mass is 10.0. The molecule has 1 aliphatic rings. The zero-order valence-electron chi connectivity index (χ0n) is 17.1. The van der Waals surface area contributed by atoms with E-state index >= 15 is 0 Å². The van der Waals surface area contributed by atoms with E-state index in [9.17, 15) is 4.79 Å². The first-order valence-corrected chi connectivity index (χ1v) is 10.2. The van der Waals surface area contributed by atoms with Crippen molar-refractivity contribution in [2.45, 2.75) is 45.7 Å². The molecule has 3 aromatic rings. The maximum Gasteiger partial charge on any atom is 0.415 e. The predicted molar refractivity (Wildman–Crippen MR) is 113 cm³/mol. The molecule has 2 unspecified atom stereocenters. The Bertz CT molecular complexity index is 967. The van der Waals surface area contributed by atoms with Crippen LogP contribution in [0.25, 0.3) is 5.52 Å². The largest absolute Gasteiger partial charge is 0.447 e. The minimum absolute atomic E-state index is 0.0199. The normalized spacial score (nSPS) is 17.7. The van der Waals surface area contributed by atoms with Gasteiger partial charge in [-0.15, -0.1) is 0 Å². The van der Waals surface area contributed by atoms with Crippen LogP contribution in [0.3, 0.4) is 0 Å². The molecule has 1 fully saturated rings. The highest BCUT2D eigenvalue weighted by Crippen LogP contribution is 2.28. The van der Waals surface area contributed by atoms with Crippen molar-refractivity contribution >= 4 is 23.4 Å². The standard InChI is InChI=1S/C22H27N5O2/c1-4-7-18(16-12-17-8-5-6-11-26(17)13-16)24-21-23-10-9-20(25-21)27-19(15(2)3)14-29-22(27)28/h5-6,8-13,15,18-19H,4,7,14H2,1-3H3,(H,23,24,25). The first kappa shape index (κ1) is 19.2. The fourth-order valence-electron chi connectivity index (χ4n) is 3.78. The molecule has 0 aliphatic carbocycles. The second kappa shape index (κ2) is 8.11. The van der Waals surface area contributed by atoms with Crippen LogP contribution in [0.15, 0.2) is 48.9 Å². The molecule has 0 aromatic carbocycles. The van der Waals surface area contributed by atoms with E-state index in [4.69, 9.17) is 4.74 Å². The van der Waals surface area contributed by atoms with Crippen molar-refractivity contribution < 1.29 is 9.53 Å². The van der Waals surface area contributed by atoms with Gasteiger partial charge in [0.1, 0.15) is 12.4 Å². The molecule has 1 amide bonds. The number of cyclic esters (lactones) is 1. The third kappa shape index (κ3) is 3.90. The second-order valence-corrected chi connectivity index (χ2v) is 7.79. The van der Waals surface area contributed by atoms with Crippen molar-refractivity contribution in [3.05, 3.63) is 54.5 Å². The average Bonchev–Trinajstić information content (AvgIpc) is 3.31. The smallest absolute Gasteiger partial charge is 0.415 e. The summed E-state index contributed by atoms with van der Waals surface area (Å²) in [6.07, 6.45) is 7.50. The Morgan fingerprint density at radius 3 is 2.93 bits per heavy atom. The lowest BCUT2D eigenvalue weighted by molar-refractivity contribution is 0.177. The van der Waals surface area contributed by atoms with Crippen LogP contribution in [-0.2, 0) is 4.74 Å². The number of rotatable bonds is 7. The SMILES string of the molecule is CCCC(Nc1nccc(N2C(=O)OCC2C(C)C)n1)c1cc2ccccn2c1. The summed E-state index contributed by atoms with van der Waals surface area (Å²) in [5.74, 6) is 1.36. The van der Waals surface area contributed by atoms with Gasteiger partial charge in [-0.2, -0.15) is 4.98 Å². The number of nitrogens with one attached hydrogen (secondary N) is 1. The van der Waals surface area contributed by atoms with Crippen molar-refractivity contribution in [1.29, 1.82) is 0 Å². The summed E-state index contributed by atoms with van der Waals surface area (Å²) in [5.41, 5.74) is 2.34. The maximum absolute atomic E-state index is 12.3. The Labute approximate surface area is 170 Å². The number of anilines is 2. The number of carbonyl (C=O) groups is 1. The zero-order chi connectivity index (χ0) is 20.4. The molecule has 7 nitrogen and oxygen atoms in total. The molecule has 0 radical (unpaired) electrons. The van der Waals surface area contributed by atoms with E-state index in [1.165, 1.54) is 5.56 Å². The number of aromatic nitrogens is 3. The van der Waals surface area contributed by atoms with Crippen molar-refractivity contribution in [2.75, 3.05) is 16.8 Å². The summed E-state index contributed by atoms with van der Waals surface area (Å²) in [5, 5.41) is 3.47. The summed E-state index contributed by atoms with van der Waals surface area (Å²) >= 11 is 0. The number of amides is 1. The van der Waals surface area contributed by atoms with Crippen molar-refractivity contribution in [1.82, 2.24) is 14.4 Å². The average molecular weight is 393 g/mol. The number of carbonyl (C=O) groups excluding carboxylic acids is 1. The molecule has 1 aliphatic heterocycles. The Kier molecular flexibility index (Phi) is 5.38. The van der Waals surface area contributed by atoms with Crippen LogP contribution >= 0.6 is 0 Å². The van der Waals surface area contributed by atoms with E-state index in [0.29, 0.717) is 18.4 Å². The van der Waals surface area contributed by atoms with Crippen LogP contribution in [0.1, 0.15) is 45.2 Å². The summed E-state index contributed by atoms with van der Waals surface area (Å²) in [6.45, 7) is 6.71. The minimum atomic E-state index is -0.350. The molecule has 4 heterocycles. The molecule has 7 heteroatoms. The van der Waals surface area contributed by atoms with Gasteiger partial charge in [0.05, 0.1) is 12.1 Å². The van der Waals surface area contributed by atoms with E-state index in [-0.39, 0.29) is 24.1 Å². The van der Waals surface area contributed by atoms with Gasteiger partial charge < -0.3 is 14.5 Å². The fourth-order valence-corrected chi connectivity index (χ4v) is 3.78. The Morgan fingerprint density at radius 1 is 1.31 bits per heavy atom. The van der Waals surface area contributed by atoms with Gasteiger partial charge in [-0.3, -0.25) is 4.90 Å². The van der Waals surface area contributed by atoms with Crippen molar-refractivity contribution in [2.24, 2.45) is 5.92 Å². The first-order chi connectivity index (χ1) is 14.1. The van der Waals surface area contributed by atoms with Gasteiger partial charge in [0, 0.05) is 24.1 Å². The monoisotopic (exact) mass is 393 g/mol. The highest BCUT2D eigenvalue weighted by Gasteiger charge is 2.37. The van der Waals surface area contributed by atoms with Gasteiger partial charge in [0.2, 0.25) is 5.95 Å². The number of fused-ring (bicyclic) bond motifs is 1. The highest BCUT2D eigenvalue weighted by molar-refractivity contribution is 5.89. The van der Waals surface area contributed by atoms with E-state index in [1.54, 1.807) is 17.2 Å². The zero-order valence-corrected chi connectivity index (χ0v) is 17.1. The Morgan fingerprint density at radius 2 is 2.17 bits per heavy atom. The molecular formula is C22H27N5O2. The number of hydrogen-bond acceptors (Lipinski definition) is 5. The molecule has 0 saturated carbocycles. The number of hydrogen-bond donors (Lipinski definition) is 1. The van der Waals surface area contributed by atoms with E-state index < -0.39 is 0 Å². The van der Waals surface area contributed by atoms with E-state index in [1.807, 2.05) is 18.3 Å². The summed E-state index contributed by atoms with van der Waals surface area (Å²) in [7, 11) is 0.